The predicted molar refractivity (Wildman–Crippen MR) is 200 cm³/mol. The molecule has 0 unspecified atom stereocenters. The maximum absolute atomic E-state index is 3.78. The molecule has 53 heavy (non-hydrogen) atoms. The van der Waals surface area contributed by atoms with Gasteiger partial charge in [-0.1, -0.05) is 48.5 Å². The fourth-order valence-corrected chi connectivity index (χ4v) is 2.50. The van der Waals surface area contributed by atoms with Crippen LogP contribution in [0.5, 0.6) is 0 Å². The Kier molecular flexibility index (Phi) is 57.3. The number of halogens is 4. The van der Waals surface area contributed by atoms with Crippen LogP contribution in [0.3, 0.4) is 0 Å². The van der Waals surface area contributed by atoms with E-state index < -0.39 is 0 Å². The third-order valence-electron chi connectivity index (χ3n) is 4.53. The zero-order valence-corrected chi connectivity index (χ0v) is 32.7. The van der Waals surface area contributed by atoms with Crippen LogP contribution < -0.4 is 49.6 Å². The molecule has 8 aromatic heterocycles. The minimum Gasteiger partial charge on any atom is -1.00 e. The largest absolute Gasteiger partial charge is 4.00 e. The molecule has 0 N–H and O–H groups in total. The van der Waals surface area contributed by atoms with Crippen molar-refractivity contribution in [1.82, 2.24) is 39.9 Å². The molecule has 8 rings (SSSR count). The van der Waals surface area contributed by atoms with Crippen molar-refractivity contribution < 1.29 is 49.6 Å². The second-order valence-corrected chi connectivity index (χ2v) is 8.20. The predicted octanol–water partition coefficient (Wildman–Crippen LogP) is -3.71. The fraction of sp³-hybridized carbons (Fsp3) is 0. The zero-order chi connectivity index (χ0) is 33.9. The van der Waals surface area contributed by atoms with Gasteiger partial charge in [-0.15, -0.1) is 0 Å². The number of pyridine rings is 8. The average molecular weight is 803 g/mol. The zero-order valence-electron chi connectivity index (χ0n) is 28.7. The molecule has 0 radical (unpaired) electrons. The van der Waals surface area contributed by atoms with Gasteiger partial charge >= 0.3 is 11.0 Å². The maximum atomic E-state index is 3.78. The van der Waals surface area contributed by atoms with E-state index in [-0.39, 0.29) is 60.6 Å². The van der Waals surface area contributed by atoms with Crippen molar-refractivity contribution in [3.63, 3.8) is 0 Å². The summed E-state index contributed by atoms with van der Waals surface area (Å²) in [6, 6.07) is 45.7. The molecule has 13 heteroatoms. The maximum Gasteiger partial charge on any atom is 4.00 e. The second kappa shape index (κ2) is 53.4. The van der Waals surface area contributed by atoms with Crippen LogP contribution in [0, 0.1) is 0 Å². The van der Waals surface area contributed by atoms with Crippen LogP contribution in [0.1, 0.15) is 0 Å². The van der Waals surface area contributed by atoms with E-state index in [1.807, 2.05) is 146 Å². The first-order valence-electron chi connectivity index (χ1n) is 14.8. The summed E-state index contributed by atoms with van der Waals surface area (Å²) in [5.41, 5.74) is 0. The number of rotatable bonds is 0. The molecule has 0 fully saturated rings. The normalized spacial score (nSPS) is 7.25. The Morgan fingerprint density at radius 2 is 0.208 bits per heavy atom. The van der Waals surface area contributed by atoms with Gasteiger partial charge in [-0.3, -0.25) is 39.9 Å². The minimum atomic E-state index is 0. The van der Waals surface area contributed by atoms with E-state index in [1.54, 1.807) is 99.1 Å². The summed E-state index contributed by atoms with van der Waals surface area (Å²) in [5, 5.41) is 0. The van der Waals surface area contributed by atoms with Crippen LogP contribution >= 0.6 is 0 Å². The molecule has 8 heterocycles. The first kappa shape index (κ1) is 56.9. The van der Waals surface area contributed by atoms with E-state index in [4.69, 9.17) is 0 Å². The number of hydrogen-bond acceptors (Lipinski definition) is 8. The average Bonchev–Trinajstić information content (AvgIpc) is 3.25. The minimum absolute atomic E-state index is 0. The fourth-order valence-electron chi connectivity index (χ4n) is 2.50. The van der Waals surface area contributed by atoms with E-state index in [1.165, 1.54) is 0 Å². The molecule has 8 aromatic rings. The molecule has 8 nitrogen and oxygen atoms in total. The number of aromatic nitrogens is 8. The van der Waals surface area contributed by atoms with Gasteiger partial charge in [0, 0.05) is 99.1 Å². The smallest absolute Gasteiger partial charge is 1.00 e. The first-order valence-corrected chi connectivity index (χ1v) is 14.8. The van der Waals surface area contributed by atoms with Crippen LogP contribution in [-0.4, -0.2) is 50.8 Å². The molecule has 0 atom stereocenters. The Morgan fingerprint density at radius 3 is 0.226 bits per heavy atom. The Labute approximate surface area is 343 Å². The summed E-state index contributed by atoms with van der Waals surface area (Å²) in [4.78, 5) is 30.3. The molecule has 0 saturated carbocycles. The second-order valence-electron chi connectivity index (χ2n) is 8.20. The van der Waals surface area contributed by atoms with Crippen LogP contribution in [-0.2, 0) is 0 Å². The monoisotopic (exact) mass is 800 g/mol. The standard InChI is InChI=1S/8C5H5N.4ClH.Si/c8*1-2-4-6-5-3-1;;;;;/h8*1-5H;4*1H;/q;;;;;;;;;;;;+4/p-4. The Hall–Kier alpha value is -5.42. The molecule has 0 amide bonds. The van der Waals surface area contributed by atoms with Gasteiger partial charge in [0.1, 0.15) is 0 Å². The van der Waals surface area contributed by atoms with Gasteiger partial charge in [0.05, 0.1) is 0 Å². The van der Waals surface area contributed by atoms with Crippen LogP contribution in [0.2, 0.25) is 0 Å². The van der Waals surface area contributed by atoms with Gasteiger partial charge in [0.15, 0.2) is 0 Å². The van der Waals surface area contributed by atoms with Gasteiger partial charge in [-0.2, -0.15) is 0 Å². The van der Waals surface area contributed by atoms with Crippen LogP contribution in [0.15, 0.2) is 245 Å². The SMILES string of the molecule is [Cl-].[Cl-].[Cl-].[Cl-].[Si+4].c1ccncc1.c1ccncc1.c1ccncc1.c1ccncc1.c1ccncc1.c1ccncc1.c1ccncc1.c1ccncc1. The van der Waals surface area contributed by atoms with E-state index in [0.29, 0.717) is 0 Å². The molecule has 0 spiro atoms. The molecule has 0 aromatic carbocycles. The van der Waals surface area contributed by atoms with Gasteiger partial charge in [-0.05, 0) is 97.1 Å². The van der Waals surface area contributed by atoms with Gasteiger partial charge in [-0.25, -0.2) is 0 Å². The summed E-state index contributed by atoms with van der Waals surface area (Å²) in [5.74, 6) is 0. The van der Waals surface area contributed by atoms with E-state index in [2.05, 4.69) is 39.9 Å². The third kappa shape index (κ3) is 51.1. The number of hydrogen-bond donors (Lipinski definition) is 0. The molecule has 0 saturated heterocycles. The quantitative estimate of drug-likeness (QED) is 0.145. The Morgan fingerprint density at radius 1 is 0.132 bits per heavy atom. The molecule has 0 aliphatic rings. The topological polar surface area (TPSA) is 103 Å². The number of nitrogens with zero attached hydrogens (tertiary/aromatic N) is 8. The van der Waals surface area contributed by atoms with Gasteiger partial charge < -0.3 is 49.6 Å². The van der Waals surface area contributed by atoms with Crippen LogP contribution in [0.4, 0.5) is 0 Å². The summed E-state index contributed by atoms with van der Waals surface area (Å²) >= 11 is 0. The summed E-state index contributed by atoms with van der Waals surface area (Å²) < 4.78 is 0. The third-order valence-corrected chi connectivity index (χ3v) is 4.53. The van der Waals surface area contributed by atoms with E-state index in [9.17, 15) is 0 Å². The first-order chi connectivity index (χ1) is 24.0. The van der Waals surface area contributed by atoms with Crippen LogP contribution in [0.25, 0.3) is 0 Å². The van der Waals surface area contributed by atoms with E-state index >= 15 is 0 Å². The summed E-state index contributed by atoms with van der Waals surface area (Å²) in [7, 11) is 0. The van der Waals surface area contributed by atoms with Crippen molar-refractivity contribution in [3.05, 3.63) is 245 Å². The molecular weight excluding hydrogens is 762 g/mol. The van der Waals surface area contributed by atoms with Crippen molar-refractivity contribution in [2.45, 2.75) is 0 Å². The van der Waals surface area contributed by atoms with Crippen molar-refractivity contribution >= 4 is 11.0 Å². The van der Waals surface area contributed by atoms with Crippen molar-refractivity contribution in [3.8, 4) is 0 Å². The molecule has 0 bridgehead atoms. The molecular formula is C40H40Cl4N8Si. The molecule has 272 valence electrons. The Bertz CT molecular complexity index is 1010. The van der Waals surface area contributed by atoms with Gasteiger partial charge in [0.2, 0.25) is 0 Å². The Balaban J connectivity index is -0.000000163. The summed E-state index contributed by atoms with van der Waals surface area (Å²) in [6.45, 7) is 0. The van der Waals surface area contributed by atoms with E-state index in [0.717, 1.165) is 0 Å². The molecule has 0 aliphatic heterocycles. The van der Waals surface area contributed by atoms with Crippen molar-refractivity contribution in [2.24, 2.45) is 0 Å². The molecule has 0 aliphatic carbocycles. The van der Waals surface area contributed by atoms with Crippen molar-refractivity contribution in [1.29, 1.82) is 0 Å². The summed E-state index contributed by atoms with van der Waals surface area (Å²) in [6.07, 6.45) is 28.0. The van der Waals surface area contributed by atoms with Gasteiger partial charge in [0.25, 0.3) is 0 Å². The van der Waals surface area contributed by atoms with Crippen molar-refractivity contribution in [2.75, 3.05) is 0 Å².